The third kappa shape index (κ3) is 4.35. The number of rotatable bonds is 6. The Labute approximate surface area is 131 Å². The topological polar surface area (TPSA) is 58.4 Å². The minimum atomic E-state index is -0.480. The van der Waals surface area contributed by atoms with Gasteiger partial charge in [-0.2, -0.15) is 0 Å². The molecule has 1 aromatic carbocycles. The number of halogens is 1. The van der Waals surface area contributed by atoms with E-state index in [4.69, 9.17) is 17.3 Å². The van der Waals surface area contributed by atoms with Crippen molar-refractivity contribution in [2.24, 2.45) is 11.7 Å². The average Bonchev–Trinajstić information content (AvgIpc) is 2.47. The molecular weight excluding hydrogens is 286 g/mol. The second-order valence-electron chi connectivity index (χ2n) is 5.67. The van der Waals surface area contributed by atoms with E-state index in [9.17, 15) is 4.79 Å². The number of hydrogen-bond acceptors (Lipinski definition) is 3. The molecule has 0 radical (unpaired) electrons. The van der Waals surface area contributed by atoms with Gasteiger partial charge in [-0.05, 0) is 56.5 Å². The van der Waals surface area contributed by atoms with Gasteiger partial charge in [-0.25, -0.2) is 0 Å². The number of primary amides is 1. The fourth-order valence-electron chi connectivity index (χ4n) is 2.87. The molecule has 0 atom stereocenters. The molecule has 0 aliphatic carbocycles. The van der Waals surface area contributed by atoms with Crippen LogP contribution in [0.1, 0.15) is 36.5 Å². The third-order valence-electron chi connectivity index (χ3n) is 4.01. The van der Waals surface area contributed by atoms with Crippen LogP contribution in [0.4, 0.5) is 5.69 Å². The number of hydrogen-bond donors (Lipinski definition) is 2. The van der Waals surface area contributed by atoms with Crippen molar-refractivity contribution in [1.82, 2.24) is 5.32 Å². The highest BCUT2D eigenvalue weighted by Crippen LogP contribution is 2.25. The Morgan fingerprint density at radius 1 is 1.43 bits per heavy atom. The highest BCUT2D eigenvalue weighted by atomic mass is 35.5. The smallest absolute Gasteiger partial charge is 0.250 e. The van der Waals surface area contributed by atoms with Gasteiger partial charge in [0.05, 0.1) is 10.6 Å². The second kappa shape index (κ2) is 7.66. The lowest BCUT2D eigenvalue weighted by Crippen LogP contribution is -2.36. The molecule has 1 heterocycles. The highest BCUT2D eigenvalue weighted by molar-refractivity contribution is 6.34. The van der Waals surface area contributed by atoms with E-state index >= 15 is 0 Å². The molecule has 4 nitrogen and oxygen atoms in total. The van der Waals surface area contributed by atoms with E-state index in [0.717, 1.165) is 38.3 Å². The molecule has 0 aromatic heterocycles. The van der Waals surface area contributed by atoms with E-state index in [1.165, 1.54) is 12.8 Å². The Morgan fingerprint density at radius 3 is 2.71 bits per heavy atom. The zero-order valence-corrected chi connectivity index (χ0v) is 13.3. The summed E-state index contributed by atoms with van der Waals surface area (Å²) in [6.07, 6.45) is 3.51. The van der Waals surface area contributed by atoms with E-state index in [1.54, 1.807) is 6.07 Å². The lowest BCUT2D eigenvalue weighted by molar-refractivity contribution is 0.100. The maximum atomic E-state index is 11.3. The van der Waals surface area contributed by atoms with Crippen molar-refractivity contribution in [3.8, 4) is 0 Å². The first-order chi connectivity index (χ1) is 10.1. The summed E-state index contributed by atoms with van der Waals surface area (Å²) in [6.45, 7) is 6.42. The Hall–Kier alpha value is -1.26. The number of anilines is 1. The number of nitrogens with two attached hydrogens (primary N) is 1. The van der Waals surface area contributed by atoms with Gasteiger partial charge < -0.3 is 16.0 Å². The normalized spacial score (nSPS) is 15.9. The van der Waals surface area contributed by atoms with Crippen molar-refractivity contribution in [1.29, 1.82) is 0 Å². The van der Waals surface area contributed by atoms with Crippen LogP contribution in [0.2, 0.25) is 5.02 Å². The first kappa shape index (κ1) is 16.1. The largest absolute Gasteiger partial charge is 0.371 e. The van der Waals surface area contributed by atoms with Gasteiger partial charge in [0.1, 0.15) is 0 Å². The van der Waals surface area contributed by atoms with Crippen LogP contribution in [0.15, 0.2) is 18.2 Å². The Balaban J connectivity index is 2.13. The number of piperidine rings is 1. The van der Waals surface area contributed by atoms with Crippen LogP contribution < -0.4 is 16.0 Å². The number of carbonyl (C=O) groups is 1. The first-order valence-electron chi connectivity index (χ1n) is 7.66. The van der Waals surface area contributed by atoms with Gasteiger partial charge in [0.15, 0.2) is 0 Å². The molecule has 1 aliphatic heterocycles. The van der Waals surface area contributed by atoms with Crippen LogP contribution in [-0.4, -0.2) is 32.1 Å². The zero-order valence-electron chi connectivity index (χ0n) is 12.6. The molecule has 3 N–H and O–H groups in total. The van der Waals surface area contributed by atoms with Gasteiger partial charge in [-0.15, -0.1) is 0 Å². The quantitative estimate of drug-likeness (QED) is 0.849. The molecule has 1 amide bonds. The monoisotopic (exact) mass is 309 g/mol. The van der Waals surface area contributed by atoms with E-state index in [2.05, 4.69) is 17.1 Å². The van der Waals surface area contributed by atoms with E-state index in [1.807, 2.05) is 12.1 Å². The molecule has 1 saturated heterocycles. The standard InChI is InChI=1S/C16H24ClN3O/c1-2-9-20(11-12-5-7-19-8-6-12)13-3-4-14(16(18)21)15(17)10-13/h3-4,10,12,19H,2,5-9,11H2,1H3,(H2,18,21). The molecule has 1 fully saturated rings. The van der Waals surface area contributed by atoms with Gasteiger partial charge in [0.2, 0.25) is 5.91 Å². The fraction of sp³-hybridized carbons (Fsp3) is 0.562. The number of nitrogens with zero attached hydrogens (tertiary/aromatic N) is 1. The van der Waals surface area contributed by atoms with Crippen molar-refractivity contribution in [3.63, 3.8) is 0 Å². The van der Waals surface area contributed by atoms with Crippen LogP contribution in [-0.2, 0) is 0 Å². The molecule has 21 heavy (non-hydrogen) atoms. The van der Waals surface area contributed by atoms with Gasteiger partial charge in [0, 0.05) is 18.8 Å². The first-order valence-corrected chi connectivity index (χ1v) is 8.04. The molecule has 1 aliphatic rings. The summed E-state index contributed by atoms with van der Waals surface area (Å²) in [5, 5.41) is 3.83. The van der Waals surface area contributed by atoms with Crippen LogP contribution >= 0.6 is 11.6 Å². The Morgan fingerprint density at radius 2 is 2.14 bits per heavy atom. The van der Waals surface area contributed by atoms with Crippen molar-refractivity contribution in [2.75, 3.05) is 31.1 Å². The Kier molecular flexibility index (Phi) is 5.88. The number of nitrogens with one attached hydrogen (secondary N) is 1. The van der Waals surface area contributed by atoms with Crippen molar-refractivity contribution in [2.45, 2.75) is 26.2 Å². The summed E-state index contributed by atoms with van der Waals surface area (Å²) in [7, 11) is 0. The van der Waals surface area contributed by atoms with Crippen LogP contribution in [0.5, 0.6) is 0 Å². The van der Waals surface area contributed by atoms with Crippen LogP contribution in [0, 0.1) is 5.92 Å². The minimum absolute atomic E-state index is 0.388. The molecule has 1 aromatic rings. The molecule has 116 valence electrons. The van der Waals surface area contributed by atoms with E-state index in [-0.39, 0.29) is 0 Å². The number of benzene rings is 1. The third-order valence-corrected chi connectivity index (χ3v) is 4.33. The predicted octanol–water partition coefficient (Wildman–Crippen LogP) is 2.65. The molecular formula is C16H24ClN3O. The van der Waals surface area contributed by atoms with E-state index in [0.29, 0.717) is 16.5 Å². The molecule has 0 unspecified atom stereocenters. The highest BCUT2D eigenvalue weighted by Gasteiger charge is 2.18. The molecule has 0 saturated carbocycles. The average molecular weight is 310 g/mol. The number of carbonyl (C=O) groups excluding carboxylic acids is 1. The van der Waals surface area contributed by atoms with Crippen LogP contribution in [0.25, 0.3) is 0 Å². The summed E-state index contributed by atoms with van der Waals surface area (Å²) >= 11 is 6.17. The van der Waals surface area contributed by atoms with E-state index < -0.39 is 5.91 Å². The molecule has 0 spiro atoms. The lowest BCUT2D eigenvalue weighted by atomic mass is 9.97. The summed E-state index contributed by atoms with van der Waals surface area (Å²) < 4.78 is 0. The Bertz CT molecular complexity index is 486. The fourth-order valence-corrected chi connectivity index (χ4v) is 3.14. The van der Waals surface area contributed by atoms with Gasteiger partial charge in [-0.3, -0.25) is 4.79 Å². The van der Waals surface area contributed by atoms with Crippen molar-refractivity contribution in [3.05, 3.63) is 28.8 Å². The van der Waals surface area contributed by atoms with Crippen molar-refractivity contribution >= 4 is 23.2 Å². The van der Waals surface area contributed by atoms with Crippen LogP contribution in [0.3, 0.4) is 0 Å². The molecule has 2 rings (SSSR count). The van der Waals surface area contributed by atoms with Gasteiger partial charge in [-0.1, -0.05) is 18.5 Å². The second-order valence-corrected chi connectivity index (χ2v) is 6.07. The maximum absolute atomic E-state index is 11.3. The number of amides is 1. The van der Waals surface area contributed by atoms with Gasteiger partial charge >= 0.3 is 0 Å². The minimum Gasteiger partial charge on any atom is -0.371 e. The summed E-state index contributed by atoms with van der Waals surface area (Å²) in [4.78, 5) is 13.6. The molecule has 5 heteroatoms. The predicted molar refractivity (Wildman–Crippen MR) is 88.1 cm³/mol. The summed E-state index contributed by atoms with van der Waals surface area (Å²) in [5.41, 5.74) is 6.77. The summed E-state index contributed by atoms with van der Waals surface area (Å²) in [5.74, 6) is 0.235. The zero-order chi connectivity index (χ0) is 15.2. The maximum Gasteiger partial charge on any atom is 0.250 e. The lowest BCUT2D eigenvalue weighted by Gasteiger charge is -2.31. The van der Waals surface area contributed by atoms with Crippen molar-refractivity contribution < 1.29 is 4.79 Å². The SMILES string of the molecule is CCCN(CC1CCNCC1)c1ccc(C(N)=O)c(Cl)c1. The van der Waals surface area contributed by atoms with Gasteiger partial charge in [0.25, 0.3) is 0 Å². The summed E-state index contributed by atoms with van der Waals surface area (Å²) in [6, 6.07) is 5.53. The molecule has 0 bridgehead atoms.